The molecule has 2 fully saturated rings. The maximum absolute atomic E-state index is 12.6. The first-order valence-electron chi connectivity index (χ1n) is 5.35. The third kappa shape index (κ3) is 1.69. The van der Waals surface area contributed by atoms with Gasteiger partial charge < -0.3 is 10.1 Å². The van der Waals surface area contributed by atoms with Gasteiger partial charge in [-0.15, -0.1) is 0 Å². The van der Waals surface area contributed by atoms with Crippen LogP contribution in [-0.4, -0.2) is 23.2 Å². The molecule has 80 valence electrons. The minimum absolute atomic E-state index is 0.301. The average molecular weight is 208 g/mol. The van der Waals surface area contributed by atoms with E-state index in [2.05, 4.69) is 10.3 Å². The summed E-state index contributed by atoms with van der Waals surface area (Å²) in [7, 11) is 0. The number of hydrogen-bond acceptors (Lipinski definition) is 3. The Balaban J connectivity index is 1.68. The Hall–Kier alpha value is -1.16. The number of ether oxygens (including phenoxy) is 1. The SMILES string of the molecule is Fc1ccc(N[C@H]2C[C@H]3CC[C@H]2O3)nc1. The molecule has 1 aromatic heterocycles. The molecule has 0 saturated carbocycles. The third-order valence-electron chi connectivity index (χ3n) is 3.17. The van der Waals surface area contributed by atoms with Gasteiger partial charge in [-0.3, -0.25) is 0 Å². The van der Waals surface area contributed by atoms with Crippen LogP contribution >= 0.6 is 0 Å². The van der Waals surface area contributed by atoms with Crippen LogP contribution in [0, 0.1) is 5.82 Å². The number of nitrogens with zero attached hydrogens (tertiary/aromatic N) is 1. The van der Waals surface area contributed by atoms with Crippen LogP contribution in [0.3, 0.4) is 0 Å². The average Bonchev–Trinajstić information content (AvgIpc) is 2.83. The van der Waals surface area contributed by atoms with E-state index in [1.54, 1.807) is 6.07 Å². The summed E-state index contributed by atoms with van der Waals surface area (Å²) in [6, 6.07) is 3.44. The number of hydrogen-bond donors (Lipinski definition) is 1. The van der Waals surface area contributed by atoms with Gasteiger partial charge in [0, 0.05) is 0 Å². The maximum Gasteiger partial charge on any atom is 0.141 e. The van der Waals surface area contributed by atoms with E-state index in [1.807, 2.05) is 0 Å². The number of nitrogens with one attached hydrogen (secondary N) is 1. The van der Waals surface area contributed by atoms with Gasteiger partial charge in [-0.05, 0) is 31.4 Å². The molecule has 1 aromatic rings. The van der Waals surface area contributed by atoms with Crippen LogP contribution in [0.2, 0.25) is 0 Å². The van der Waals surface area contributed by atoms with Gasteiger partial charge in [-0.2, -0.15) is 0 Å². The molecule has 3 rings (SSSR count). The van der Waals surface area contributed by atoms with Gasteiger partial charge in [-0.25, -0.2) is 9.37 Å². The molecule has 3 nitrogen and oxygen atoms in total. The van der Waals surface area contributed by atoms with Crippen LogP contribution in [0.1, 0.15) is 19.3 Å². The molecule has 2 aliphatic rings. The van der Waals surface area contributed by atoms with Crippen LogP contribution in [0.4, 0.5) is 10.2 Å². The lowest BCUT2D eigenvalue weighted by Gasteiger charge is -2.20. The van der Waals surface area contributed by atoms with Crippen molar-refractivity contribution in [1.29, 1.82) is 0 Å². The Morgan fingerprint density at radius 1 is 1.40 bits per heavy atom. The first-order chi connectivity index (χ1) is 7.31. The van der Waals surface area contributed by atoms with Crippen molar-refractivity contribution in [3.63, 3.8) is 0 Å². The van der Waals surface area contributed by atoms with E-state index in [4.69, 9.17) is 4.74 Å². The largest absolute Gasteiger partial charge is 0.373 e. The molecular formula is C11H13FN2O. The molecule has 0 amide bonds. The zero-order valence-electron chi connectivity index (χ0n) is 8.32. The maximum atomic E-state index is 12.6. The molecular weight excluding hydrogens is 195 g/mol. The molecule has 2 saturated heterocycles. The van der Waals surface area contributed by atoms with E-state index in [0.29, 0.717) is 18.2 Å². The van der Waals surface area contributed by atoms with Crippen molar-refractivity contribution in [3.8, 4) is 0 Å². The Bertz CT molecular complexity index is 354. The Labute approximate surface area is 87.7 Å². The molecule has 4 heteroatoms. The van der Waals surface area contributed by atoms with Crippen molar-refractivity contribution in [1.82, 2.24) is 4.98 Å². The zero-order chi connectivity index (χ0) is 10.3. The fourth-order valence-corrected chi connectivity index (χ4v) is 2.44. The summed E-state index contributed by atoms with van der Waals surface area (Å²) in [5.74, 6) is 0.433. The summed E-state index contributed by atoms with van der Waals surface area (Å²) in [5, 5.41) is 3.30. The Morgan fingerprint density at radius 3 is 2.93 bits per heavy atom. The molecule has 0 spiro atoms. The normalized spacial score (nSPS) is 33.3. The van der Waals surface area contributed by atoms with Gasteiger partial charge in [0.1, 0.15) is 11.6 Å². The van der Waals surface area contributed by atoms with Crippen LogP contribution in [0.5, 0.6) is 0 Å². The standard InChI is InChI=1S/C11H13FN2O/c12-7-1-4-11(13-6-7)14-9-5-8-2-3-10(9)15-8/h1,4,6,8-10H,2-3,5H2,(H,13,14)/t8-,9+,10-/m1/s1. The number of rotatable bonds is 2. The van der Waals surface area contributed by atoms with E-state index in [9.17, 15) is 4.39 Å². The monoisotopic (exact) mass is 208 g/mol. The summed E-state index contributed by atoms with van der Waals surface area (Å²) in [6.07, 6.45) is 5.33. The van der Waals surface area contributed by atoms with Gasteiger partial charge >= 0.3 is 0 Å². The minimum atomic E-state index is -0.301. The molecule has 3 atom stereocenters. The lowest BCUT2D eigenvalue weighted by molar-refractivity contribution is 0.102. The zero-order valence-corrected chi connectivity index (χ0v) is 8.32. The van der Waals surface area contributed by atoms with E-state index < -0.39 is 0 Å². The highest BCUT2D eigenvalue weighted by molar-refractivity contribution is 5.36. The van der Waals surface area contributed by atoms with E-state index in [1.165, 1.54) is 18.7 Å². The van der Waals surface area contributed by atoms with Crippen molar-refractivity contribution >= 4 is 5.82 Å². The van der Waals surface area contributed by atoms with Crippen molar-refractivity contribution < 1.29 is 9.13 Å². The lowest BCUT2D eigenvalue weighted by atomic mass is 9.95. The molecule has 2 aliphatic heterocycles. The van der Waals surface area contributed by atoms with Crippen molar-refractivity contribution in [3.05, 3.63) is 24.1 Å². The predicted octanol–water partition coefficient (Wildman–Crippen LogP) is 1.95. The van der Waals surface area contributed by atoms with E-state index in [0.717, 1.165) is 18.7 Å². The van der Waals surface area contributed by atoms with Crippen LogP contribution < -0.4 is 5.32 Å². The summed E-state index contributed by atoms with van der Waals surface area (Å²) >= 11 is 0. The van der Waals surface area contributed by atoms with Crippen molar-refractivity contribution in [2.75, 3.05) is 5.32 Å². The van der Waals surface area contributed by atoms with Crippen molar-refractivity contribution in [2.45, 2.75) is 37.5 Å². The van der Waals surface area contributed by atoms with Crippen LogP contribution in [-0.2, 0) is 4.74 Å². The molecule has 2 bridgehead atoms. The van der Waals surface area contributed by atoms with Gasteiger partial charge in [0.15, 0.2) is 0 Å². The highest BCUT2D eigenvalue weighted by Crippen LogP contribution is 2.35. The third-order valence-corrected chi connectivity index (χ3v) is 3.17. The Kier molecular flexibility index (Phi) is 2.09. The molecule has 0 aromatic carbocycles. The van der Waals surface area contributed by atoms with Crippen LogP contribution in [0.25, 0.3) is 0 Å². The highest BCUT2D eigenvalue weighted by Gasteiger charge is 2.40. The smallest absolute Gasteiger partial charge is 0.141 e. The van der Waals surface area contributed by atoms with Gasteiger partial charge in [0.05, 0.1) is 24.4 Å². The fourth-order valence-electron chi connectivity index (χ4n) is 2.44. The molecule has 0 unspecified atom stereocenters. The summed E-state index contributed by atoms with van der Waals surface area (Å²) in [6.45, 7) is 0. The molecule has 1 N–H and O–H groups in total. The molecule has 0 radical (unpaired) electrons. The molecule has 15 heavy (non-hydrogen) atoms. The van der Waals surface area contributed by atoms with Crippen molar-refractivity contribution in [2.24, 2.45) is 0 Å². The summed E-state index contributed by atoms with van der Waals surface area (Å²) in [5.41, 5.74) is 0. The lowest BCUT2D eigenvalue weighted by Crippen LogP contribution is -2.30. The van der Waals surface area contributed by atoms with Gasteiger partial charge in [-0.1, -0.05) is 0 Å². The second-order valence-corrected chi connectivity index (χ2v) is 4.22. The number of fused-ring (bicyclic) bond motifs is 2. The van der Waals surface area contributed by atoms with E-state index in [-0.39, 0.29) is 5.82 Å². The quantitative estimate of drug-likeness (QED) is 0.806. The van der Waals surface area contributed by atoms with E-state index >= 15 is 0 Å². The van der Waals surface area contributed by atoms with Crippen LogP contribution in [0.15, 0.2) is 18.3 Å². The number of anilines is 1. The molecule has 0 aliphatic carbocycles. The Morgan fingerprint density at radius 2 is 2.33 bits per heavy atom. The topological polar surface area (TPSA) is 34.1 Å². The van der Waals surface area contributed by atoms with Gasteiger partial charge in [0.25, 0.3) is 0 Å². The number of aromatic nitrogens is 1. The predicted molar refractivity (Wildman–Crippen MR) is 54.1 cm³/mol. The highest BCUT2D eigenvalue weighted by atomic mass is 19.1. The summed E-state index contributed by atoms with van der Waals surface area (Å²) < 4.78 is 18.4. The summed E-state index contributed by atoms with van der Waals surface area (Å²) in [4.78, 5) is 3.98. The van der Waals surface area contributed by atoms with Gasteiger partial charge in [0.2, 0.25) is 0 Å². The minimum Gasteiger partial charge on any atom is -0.373 e. The number of pyridine rings is 1. The second-order valence-electron chi connectivity index (χ2n) is 4.22. The first-order valence-corrected chi connectivity index (χ1v) is 5.35. The second kappa shape index (κ2) is 3.45. The molecule has 3 heterocycles. The number of halogens is 1. The first kappa shape index (κ1) is 9.09. The fraction of sp³-hybridized carbons (Fsp3) is 0.545.